The first-order chi connectivity index (χ1) is 11.1. The second-order valence-electron chi connectivity index (χ2n) is 4.97. The summed E-state index contributed by atoms with van der Waals surface area (Å²) in [5, 5.41) is 8.20. The van der Waals surface area contributed by atoms with Crippen LogP contribution in [0.3, 0.4) is 0 Å². The van der Waals surface area contributed by atoms with Gasteiger partial charge in [0.25, 0.3) is 0 Å². The highest BCUT2D eigenvalue weighted by Crippen LogP contribution is 2.16. The van der Waals surface area contributed by atoms with E-state index in [2.05, 4.69) is 22.2 Å². The predicted molar refractivity (Wildman–Crippen MR) is 97.0 cm³/mol. The standard InChI is InChI=1S/C17H19N3O2S/c1-12(21)18-14-7-9-16(10-8-14)20-17(22)19-15-5-3-13(4-6-15)11-23-2/h3-10H,11H2,1-2H3,(H,18,21)(H2,19,20,22). The fourth-order valence-electron chi connectivity index (χ4n) is 1.98. The number of benzene rings is 2. The molecule has 3 amide bonds. The first-order valence-electron chi connectivity index (χ1n) is 7.10. The van der Waals surface area contributed by atoms with Gasteiger partial charge in [-0.15, -0.1) is 0 Å². The summed E-state index contributed by atoms with van der Waals surface area (Å²) in [6.45, 7) is 1.45. The van der Waals surface area contributed by atoms with Gasteiger partial charge in [-0.25, -0.2) is 4.79 Å². The van der Waals surface area contributed by atoms with Gasteiger partial charge < -0.3 is 16.0 Å². The number of carbonyl (C=O) groups excluding carboxylic acids is 2. The van der Waals surface area contributed by atoms with Crippen molar-refractivity contribution in [2.45, 2.75) is 12.7 Å². The van der Waals surface area contributed by atoms with E-state index in [0.29, 0.717) is 11.4 Å². The number of carbonyl (C=O) groups is 2. The number of rotatable bonds is 5. The Morgan fingerprint density at radius 1 is 0.826 bits per heavy atom. The van der Waals surface area contributed by atoms with Crippen LogP contribution < -0.4 is 16.0 Å². The van der Waals surface area contributed by atoms with Crippen LogP contribution in [0.1, 0.15) is 12.5 Å². The molecule has 2 rings (SSSR count). The molecule has 2 aromatic rings. The van der Waals surface area contributed by atoms with Gasteiger partial charge in [-0.05, 0) is 48.2 Å². The minimum absolute atomic E-state index is 0.131. The molecule has 0 bridgehead atoms. The van der Waals surface area contributed by atoms with Gasteiger partial charge in [0, 0.05) is 29.7 Å². The van der Waals surface area contributed by atoms with Crippen molar-refractivity contribution in [3.63, 3.8) is 0 Å². The molecule has 0 fully saturated rings. The van der Waals surface area contributed by atoms with E-state index in [-0.39, 0.29) is 11.9 Å². The van der Waals surface area contributed by atoms with E-state index in [1.54, 1.807) is 36.0 Å². The Morgan fingerprint density at radius 3 is 1.70 bits per heavy atom. The van der Waals surface area contributed by atoms with E-state index in [9.17, 15) is 9.59 Å². The quantitative estimate of drug-likeness (QED) is 0.771. The van der Waals surface area contributed by atoms with E-state index < -0.39 is 0 Å². The minimum Gasteiger partial charge on any atom is -0.326 e. The van der Waals surface area contributed by atoms with Gasteiger partial charge in [-0.2, -0.15) is 11.8 Å². The van der Waals surface area contributed by atoms with Gasteiger partial charge in [0.2, 0.25) is 5.91 Å². The van der Waals surface area contributed by atoms with Crippen molar-refractivity contribution in [3.8, 4) is 0 Å². The SMILES string of the molecule is CSCc1ccc(NC(=O)Nc2ccc(NC(C)=O)cc2)cc1. The molecule has 0 radical (unpaired) electrons. The lowest BCUT2D eigenvalue weighted by Crippen LogP contribution is -2.19. The number of hydrogen-bond acceptors (Lipinski definition) is 3. The topological polar surface area (TPSA) is 70.2 Å². The van der Waals surface area contributed by atoms with E-state index in [0.717, 1.165) is 11.4 Å². The summed E-state index contributed by atoms with van der Waals surface area (Å²) in [6.07, 6.45) is 2.05. The molecule has 0 aliphatic heterocycles. The third-order valence-corrected chi connectivity index (χ3v) is 3.61. The van der Waals surface area contributed by atoms with Crippen LogP contribution in [0, 0.1) is 0 Å². The van der Waals surface area contributed by atoms with Crippen LogP contribution in [-0.4, -0.2) is 18.2 Å². The summed E-state index contributed by atoms with van der Waals surface area (Å²) in [4.78, 5) is 22.9. The summed E-state index contributed by atoms with van der Waals surface area (Å²) in [7, 11) is 0. The molecule has 0 heterocycles. The smallest absolute Gasteiger partial charge is 0.323 e. The molecule has 6 heteroatoms. The lowest BCUT2D eigenvalue weighted by atomic mass is 10.2. The Kier molecular flexibility index (Phi) is 6.05. The Morgan fingerprint density at radius 2 is 1.26 bits per heavy atom. The minimum atomic E-state index is -0.310. The van der Waals surface area contributed by atoms with Crippen molar-refractivity contribution in [1.82, 2.24) is 0 Å². The molecule has 0 saturated carbocycles. The summed E-state index contributed by atoms with van der Waals surface area (Å²) < 4.78 is 0. The number of amides is 3. The maximum absolute atomic E-state index is 12.0. The Hall–Kier alpha value is -2.47. The summed E-state index contributed by atoms with van der Waals surface area (Å²) in [6, 6.07) is 14.4. The maximum atomic E-state index is 12.0. The van der Waals surface area contributed by atoms with Gasteiger partial charge in [-0.3, -0.25) is 4.79 Å². The second kappa shape index (κ2) is 8.24. The number of anilines is 3. The Bertz CT molecular complexity index is 669. The summed E-state index contributed by atoms with van der Waals surface area (Å²) in [5.74, 6) is 0.820. The van der Waals surface area contributed by atoms with Gasteiger partial charge in [-0.1, -0.05) is 12.1 Å². The number of urea groups is 1. The molecule has 0 atom stereocenters. The predicted octanol–water partition coefficient (Wildman–Crippen LogP) is 4.15. The molecule has 3 N–H and O–H groups in total. The molecule has 0 saturated heterocycles. The third-order valence-electron chi connectivity index (χ3n) is 2.99. The number of thioether (sulfide) groups is 1. The van der Waals surface area contributed by atoms with Gasteiger partial charge in [0.15, 0.2) is 0 Å². The normalized spacial score (nSPS) is 10.0. The van der Waals surface area contributed by atoms with Crippen molar-refractivity contribution in [1.29, 1.82) is 0 Å². The lowest BCUT2D eigenvalue weighted by molar-refractivity contribution is -0.114. The van der Waals surface area contributed by atoms with Crippen LogP contribution in [0.5, 0.6) is 0 Å². The van der Waals surface area contributed by atoms with Crippen molar-refractivity contribution in [3.05, 3.63) is 54.1 Å². The van der Waals surface area contributed by atoms with Gasteiger partial charge >= 0.3 is 6.03 Å². The summed E-state index contributed by atoms with van der Waals surface area (Å²) >= 11 is 1.76. The largest absolute Gasteiger partial charge is 0.326 e. The molecule has 23 heavy (non-hydrogen) atoms. The first-order valence-corrected chi connectivity index (χ1v) is 8.50. The molecule has 0 aromatic heterocycles. The Balaban J connectivity index is 1.90. The molecule has 5 nitrogen and oxygen atoms in total. The van der Waals surface area contributed by atoms with E-state index in [4.69, 9.17) is 0 Å². The van der Waals surface area contributed by atoms with Crippen LogP contribution in [0.25, 0.3) is 0 Å². The average molecular weight is 329 g/mol. The highest BCUT2D eigenvalue weighted by Gasteiger charge is 2.03. The first kappa shape index (κ1) is 16.9. The lowest BCUT2D eigenvalue weighted by Gasteiger charge is -2.09. The van der Waals surface area contributed by atoms with E-state index in [1.165, 1.54) is 12.5 Å². The molecule has 2 aromatic carbocycles. The van der Waals surface area contributed by atoms with Crippen molar-refractivity contribution in [2.75, 3.05) is 22.2 Å². The van der Waals surface area contributed by atoms with Crippen molar-refractivity contribution < 1.29 is 9.59 Å². The van der Waals surface area contributed by atoms with Crippen LogP contribution in [0.4, 0.5) is 21.9 Å². The highest BCUT2D eigenvalue weighted by atomic mass is 32.2. The molecule has 0 unspecified atom stereocenters. The van der Waals surface area contributed by atoms with Crippen LogP contribution in [0.15, 0.2) is 48.5 Å². The molecule has 0 aliphatic rings. The molecular formula is C17H19N3O2S. The Labute approximate surface area is 139 Å². The third kappa shape index (κ3) is 5.67. The highest BCUT2D eigenvalue weighted by molar-refractivity contribution is 7.97. The number of nitrogens with one attached hydrogen (secondary N) is 3. The zero-order valence-corrected chi connectivity index (χ0v) is 13.9. The molecule has 120 valence electrons. The zero-order chi connectivity index (χ0) is 16.7. The zero-order valence-electron chi connectivity index (χ0n) is 13.1. The van der Waals surface area contributed by atoms with Gasteiger partial charge in [0.1, 0.15) is 0 Å². The van der Waals surface area contributed by atoms with E-state index >= 15 is 0 Å². The van der Waals surface area contributed by atoms with Crippen LogP contribution >= 0.6 is 11.8 Å². The fraction of sp³-hybridized carbons (Fsp3) is 0.176. The molecular weight excluding hydrogens is 310 g/mol. The van der Waals surface area contributed by atoms with Crippen molar-refractivity contribution >= 4 is 40.8 Å². The van der Waals surface area contributed by atoms with Crippen molar-refractivity contribution in [2.24, 2.45) is 0 Å². The fourth-order valence-corrected chi connectivity index (χ4v) is 2.51. The number of hydrogen-bond donors (Lipinski definition) is 3. The van der Waals surface area contributed by atoms with E-state index in [1.807, 2.05) is 24.3 Å². The average Bonchev–Trinajstić information content (AvgIpc) is 2.51. The van der Waals surface area contributed by atoms with Crippen LogP contribution in [-0.2, 0) is 10.5 Å². The van der Waals surface area contributed by atoms with Crippen LogP contribution in [0.2, 0.25) is 0 Å². The summed E-state index contributed by atoms with van der Waals surface area (Å²) in [5.41, 5.74) is 3.29. The molecule has 0 spiro atoms. The second-order valence-corrected chi connectivity index (χ2v) is 5.83. The monoisotopic (exact) mass is 329 g/mol. The maximum Gasteiger partial charge on any atom is 0.323 e. The van der Waals surface area contributed by atoms with Gasteiger partial charge in [0.05, 0.1) is 0 Å². The molecule has 0 aliphatic carbocycles.